The number of nitro benzene ring substituents is 2. The van der Waals surface area contributed by atoms with Gasteiger partial charge in [0.05, 0.1) is 22.1 Å². The molecule has 9 nitrogen and oxygen atoms in total. The number of hydrazone groups is 1. The van der Waals surface area contributed by atoms with E-state index < -0.39 is 15.5 Å². The zero-order valence-electron chi connectivity index (χ0n) is 13.3. The van der Waals surface area contributed by atoms with E-state index in [9.17, 15) is 20.2 Å². The van der Waals surface area contributed by atoms with Gasteiger partial charge in [-0.25, -0.2) is 0 Å². The van der Waals surface area contributed by atoms with Crippen LogP contribution in [0.4, 0.5) is 17.1 Å². The van der Waals surface area contributed by atoms with Crippen molar-refractivity contribution in [1.82, 2.24) is 0 Å². The van der Waals surface area contributed by atoms with E-state index in [-0.39, 0.29) is 11.4 Å². The molecule has 0 heterocycles. The molecule has 26 heavy (non-hydrogen) atoms. The number of benzene rings is 2. The monoisotopic (exact) mass is 420 g/mol. The number of hydrogen-bond donors (Lipinski definition) is 1. The molecular weight excluding hydrogens is 408 g/mol. The molecule has 0 saturated heterocycles. The Hall–Kier alpha value is -3.27. The van der Waals surface area contributed by atoms with E-state index in [1.165, 1.54) is 12.3 Å². The number of ether oxygens (including phenoxy) is 1. The molecule has 10 heteroatoms. The lowest BCUT2D eigenvalue weighted by Gasteiger charge is -2.07. The summed E-state index contributed by atoms with van der Waals surface area (Å²) in [6.07, 6.45) is 3.02. The zero-order chi connectivity index (χ0) is 19.1. The van der Waals surface area contributed by atoms with Gasteiger partial charge in [0.2, 0.25) is 0 Å². The summed E-state index contributed by atoms with van der Waals surface area (Å²) >= 11 is 3.34. The van der Waals surface area contributed by atoms with Crippen molar-refractivity contribution in [1.29, 1.82) is 0 Å². The van der Waals surface area contributed by atoms with Crippen molar-refractivity contribution in [3.05, 3.63) is 79.3 Å². The predicted octanol–water partition coefficient (Wildman–Crippen LogP) is 4.28. The van der Waals surface area contributed by atoms with Crippen LogP contribution in [-0.4, -0.2) is 22.7 Å². The third-order valence-corrected chi connectivity index (χ3v) is 3.60. The summed E-state index contributed by atoms with van der Waals surface area (Å²) in [5.74, 6) is 0.553. The molecule has 0 unspecified atom stereocenters. The van der Waals surface area contributed by atoms with Gasteiger partial charge in [0, 0.05) is 16.1 Å². The number of anilines is 1. The Morgan fingerprint density at radius 2 is 1.96 bits per heavy atom. The van der Waals surface area contributed by atoms with Crippen LogP contribution >= 0.6 is 15.9 Å². The van der Waals surface area contributed by atoms with E-state index >= 15 is 0 Å². The molecule has 0 atom stereocenters. The van der Waals surface area contributed by atoms with Crippen molar-refractivity contribution in [2.75, 3.05) is 12.0 Å². The molecule has 0 amide bonds. The maximum Gasteiger partial charge on any atom is 0.301 e. The second kappa shape index (κ2) is 8.72. The Morgan fingerprint density at radius 3 is 2.62 bits per heavy atom. The summed E-state index contributed by atoms with van der Waals surface area (Å²) in [6.45, 7) is 3.89. The molecule has 0 aromatic heterocycles. The number of nitro groups is 2. The first kappa shape index (κ1) is 19.1. The van der Waals surface area contributed by atoms with E-state index in [0.717, 1.165) is 16.6 Å². The van der Waals surface area contributed by atoms with Crippen LogP contribution in [0.5, 0.6) is 5.75 Å². The first-order chi connectivity index (χ1) is 12.4. The van der Waals surface area contributed by atoms with Gasteiger partial charge in [-0.05, 0) is 24.3 Å². The predicted molar refractivity (Wildman–Crippen MR) is 101 cm³/mol. The van der Waals surface area contributed by atoms with Crippen LogP contribution in [-0.2, 0) is 0 Å². The molecule has 134 valence electrons. The number of nitrogens with one attached hydrogen (secondary N) is 1. The molecule has 1 N–H and O–H groups in total. The van der Waals surface area contributed by atoms with Crippen LogP contribution in [0.3, 0.4) is 0 Å². The standard InChI is InChI=1S/C16H13BrN4O5/c1-2-7-26-16-6-3-12(17)8-11(16)10-18-19-14-5-4-13(20(22)23)9-15(14)21(24)25/h2-6,8-10,19H,1,7H2/b18-10+. The summed E-state index contributed by atoms with van der Waals surface area (Å²) in [6, 6.07) is 8.54. The van der Waals surface area contributed by atoms with E-state index in [4.69, 9.17) is 4.74 Å². The number of rotatable bonds is 8. The molecule has 0 aliphatic heterocycles. The normalized spacial score (nSPS) is 10.5. The summed E-state index contributed by atoms with van der Waals surface area (Å²) in [5, 5.41) is 25.8. The Kier molecular flexibility index (Phi) is 6.39. The van der Waals surface area contributed by atoms with Crippen molar-refractivity contribution in [2.45, 2.75) is 0 Å². The highest BCUT2D eigenvalue weighted by molar-refractivity contribution is 9.10. The van der Waals surface area contributed by atoms with Crippen LogP contribution in [0, 0.1) is 20.2 Å². The minimum atomic E-state index is -0.720. The van der Waals surface area contributed by atoms with Gasteiger partial charge in [-0.2, -0.15) is 5.10 Å². The van der Waals surface area contributed by atoms with Gasteiger partial charge in [-0.15, -0.1) is 0 Å². The van der Waals surface area contributed by atoms with Crippen molar-refractivity contribution in [2.24, 2.45) is 5.10 Å². The molecule has 0 bridgehead atoms. The summed E-state index contributed by atoms with van der Waals surface area (Å²) < 4.78 is 6.30. The highest BCUT2D eigenvalue weighted by Gasteiger charge is 2.19. The fourth-order valence-electron chi connectivity index (χ4n) is 1.95. The molecule has 0 radical (unpaired) electrons. The molecule has 0 aliphatic carbocycles. The van der Waals surface area contributed by atoms with Crippen LogP contribution in [0.15, 0.2) is 58.6 Å². The molecular formula is C16H13BrN4O5. The number of non-ortho nitro benzene ring substituents is 1. The van der Waals surface area contributed by atoms with Gasteiger partial charge in [0.15, 0.2) is 0 Å². The Labute approximate surface area is 156 Å². The smallest absolute Gasteiger partial charge is 0.301 e. The lowest BCUT2D eigenvalue weighted by Crippen LogP contribution is -2.00. The second-order valence-corrected chi connectivity index (χ2v) is 5.78. The van der Waals surface area contributed by atoms with Crippen LogP contribution < -0.4 is 10.2 Å². The molecule has 2 rings (SSSR count). The van der Waals surface area contributed by atoms with Gasteiger partial charge >= 0.3 is 5.69 Å². The average molecular weight is 421 g/mol. The van der Waals surface area contributed by atoms with Crippen LogP contribution in [0.25, 0.3) is 0 Å². The lowest BCUT2D eigenvalue weighted by molar-refractivity contribution is -0.393. The summed E-state index contributed by atoms with van der Waals surface area (Å²) in [7, 11) is 0. The highest BCUT2D eigenvalue weighted by Crippen LogP contribution is 2.29. The minimum absolute atomic E-state index is 0.0282. The first-order valence-corrected chi connectivity index (χ1v) is 7.97. The van der Waals surface area contributed by atoms with Crippen LogP contribution in [0.1, 0.15) is 5.56 Å². The molecule has 2 aromatic rings. The molecule has 2 aromatic carbocycles. The fourth-order valence-corrected chi connectivity index (χ4v) is 2.33. The third kappa shape index (κ3) is 4.86. The molecule has 0 spiro atoms. The largest absolute Gasteiger partial charge is 0.489 e. The zero-order valence-corrected chi connectivity index (χ0v) is 14.9. The van der Waals surface area contributed by atoms with Gasteiger partial charge in [-0.1, -0.05) is 28.6 Å². The summed E-state index contributed by atoms with van der Waals surface area (Å²) in [4.78, 5) is 20.4. The van der Waals surface area contributed by atoms with Gasteiger partial charge in [0.25, 0.3) is 5.69 Å². The number of nitrogens with zero attached hydrogens (tertiary/aromatic N) is 3. The van der Waals surface area contributed by atoms with Gasteiger partial charge < -0.3 is 4.74 Å². The Balaban J connectivity index is 2.25. The Bertz CT molecular complexity index is 885. The van der Waals surface area contributed by atoms with E-state index in [1.807, 2.05) is 0 Å². The average Bonchev–Trinajstić information content (AvgIpc) is 2.61. The van der Waals surface area contributed by atoms with Gasteiger partial charge in [-0.3, -0.25) is 25.7 Å². The molecule has 0 aliphatic rings. The molecule has 0 saturated carbocycles. The van der Waals surface area contributed by atoms with Crippen molar-refractivity contribution < 1.29 is 14.6 Å². The van der Waals surface area contributed by atoms with E-state index in [1.54, 1.807) is 24.3 Å². The Morgan fingerprint density at radius 1 is 1.19 bits per heavy atom. The van der Waals surface area contributed by atoms with Gasteiger partial charge in [0.1, 0.15) is 18.0 Å². The third-order valence-electron chi connectivity index (χ3n) is 3.11. The maximum absolute atomic E-state index is 11.1. The SMILES string of the molecule is C=CCOc1ccc(Br)cc1/C=N/Nc1ccc([N+](=O)[O-])cc1[N+](=O)[O-]. The van der Waals surface area contributed by atoms with Crippen LogP contribution in [0.2, 0.25) is 0 Å². The van der Waals surface area contributed by atoms with Crippen molar-refractivity contribution in [3.63, 3.8) is 0 Å². The van der Waals surface area contributed by atoms with Crippen molar-refractivity contribution >= 4 is 39.2 Å². The minimum Gasteiger partial charge on any atom is -0.489 e. The van der Waals surface area contributed by atoms with E-state index in [0.29, 0.717) is 17.9 Å². The quantitative estimate of drug-likeness (QED) is 0.294. The second-order valence-electron chi connectivity index (χ2n) is 4.87. The topological polar surface area (TPSA) is 120 Å². The first-order valence-electron chi connectivity index (χ1n) is 7.17. The van der Waals surface area contributed by atoms with Crippen molar-refractivity contribution in [3.8, 4) is 5.75 Å². The summed E-state index contributed by atoms with van der Waals surface area (Å²) in [5.41, 5.74) is 2.35. The van der Waals surface area contributed by atoms with E-state index in [2.05, 4.69) is 33.0 Å². The fraction of sp³-hybridized carbons (Fsp3) is 0.0625. The number of hydrogen-bond acceptors (Lipinski definition) is 7. The maximum atomic E-state index is 11.1. The highest BCUT2D eigenvalue weighted by atomic mass is 79.9. The lowest BCUT2D eigenvalue weighted by atomic mass is 10.2. The molecule has 0 fully saturated rings. The number of halogens is 1.